The number of carbonyl (C=O) groups is 4. The predicted octanol–water partition coefficient (Wildman–Crippen LogP) is 6.53. The molecule has 0 aliphatic carbocycles. The van der Waals surface area contributed by atoms with Crippen LogP contribution >= 0.6 is 0 Å². The van der Waals surface area contributed by atoms with Gasteiger partial charge < -0.3 is 24.3 Å². The molecule has 1 aliphatic rings. The molecule has 300 valence electrons. The molecule has 3 unspecified atom stereocenters. The van der Waals surface area contributed by atoms with E-state index >= 15 is 0 Å². The number of rotatable bonds is 18. The van der Waals surface area contributed by atoms with E-state index in [2.05, 4.69) is 61.0 Å². The van der Waals surface area contributed by atoms with Gasteiger partial charge in [0.15, 0.2) is 0 Å². The van der Waals surface area contributed by atoms with Gasteiger partial charge in [-0.3, -0.25) is 29.0 Å². The Labute approximate surface area is 330 Å². The standard InChI is InChI=1S/C44H57N5O7/c1-9-48-38-18-17-33(24-35(38)36(25-44(5,6)26-55-28-51)41(48)34-16-13-19-45-39(34)30(4)54-8)32-15-12-14-31(22-32)23-37(43(53)49-20-10-11-21-56-49)46-42(52)40(29(2)3)47(7)27-50/h12-19,22,24,27-30,37,40H,9-11,20-21,23,25-26H2,1-8H3,(H,46,52). The first kappa shape index (κ1) is 42.1. The number of hydrogen-bond donors (Lipinski definition) is 1. The largest absolute Gasteiger partial charge is 0.467 e. The Balaban J connectivity index is 1.59. The predicted molar refractivity (Wildman–Crippen MR) is 216 cm³/mol. The summed E-state index contributed by atoms with van der Waals surface area (Å²) in [6.45, 7) is 14.4. The first-order valence-corrected chi connectivity index (χ1v) is 19.5. The number of hydroxylamine groups is 2. The second kappa shape index (κ2) is 18.7. The first-order chi connectivity index (χ1) is 26.8. The fourth-order valence-corrected chi connectivity index (χ4v) is 7.80. The molecular weight excluding hydrogens is 711 g/mol. The van der Waals surface area contributed by atoms with E-state index in [1.54, 1.807) is 20.4 Å². The second-order valence-electron chi connectivity index (χ2n) is 15.8. The maximum Gasteiger partial charge on any atom is 0.293 e. The SMILES string of the molecule is CCn1c(-c2cccnc2C(C)OC)c(CC(C)(C)COC=O)c2cc(-c3cccc(CC(NC(=O)C(C(C)C)N(C)C=O)C(=O)N4CCCCO4)c3)ccc21. The molecule has 1 aliphatic heterocycles. The molecule has 3 heterocycles. The van der Waals surface area contributed by atoms with E-state index in [0.717, 1.165) is 62.9 Å². The van der Waals surface area contributed by atoms with Crippen LogP contribution in [-0.4, -0.2) is 90.2 Å². The van der Waals surface area contributed by atoms with Crippen LogP contribution in [0.5, 0.6) is 0 Å². The van der Waals surface area contributed by atoms with Crippen LogP contribution in [0, 0.1) is 11.3 Å². The van der Waals surface area contributed by atoms with Crippen molar-refractivity contribution >= 4 is 35.6 Å². The van der Waals surface area contributed by atoms with Gasteiger partial charge in [0, 0.05) is 61.7 Å². The summed E-state index contributed by atoms with van der Waals surface area (Å²) in [6.07, 6.45) is 4.70. The van der Waals surface area contributed by atoms with Crippen LogP contribution < -0.4 is 5.32 Å². The number of nitrogens with zero attached hydrogens (tertiary/aromatic N) is 4. The minimum absolute atomic E-state index is 0.172. The molecule has 56 heavy (non-hydrogen) atoms. The zero-order chi connectivity index (χ0) is 40.6. The fraction of sp³-hybridized carbons (Fsp3) is 0.477. The normalized spacial score (nSPS) is 15.0. The molecule has 3 amide bonds. The lowest BCUT2D eigenvalue weighted by Crippen LogP contribution is -2.56. The van der Waals surface area contributed by atoms with E-state index in [1.165, 1.54) is 9.96 Å². The number of pyridine rings is 1. The minimum atomic E-state index is -0.911. The maximum absolute atomic E-state index is 13.9. The zero-order valence-corrected chi connectivity index (χ0v) is 34.0. The van der Waals surface area contributed by atoms with Crippen molar-refractivity contribution in [3.63, 3.8) is 0 Å². The summed E-state index contributed by atoms with van der Waals surface area (Å²) >= 11 is 0. The molecule has 2 aromatic carbocycles. The Hall–Kier alpha value is -5.07. The van der Waals surface area contributed by atoms with Gasteiger partial charge in [0.25, 0.3) is 12.4 Å². The Kier molecular flexibility index (Phi) is 14.1. The molecule has 1 fully saturated rings. The first-order valence-electron chi connectivity index (χ1n) is 19.5. The lowest BCUT2D eigenvalue weighted by Gasteiger charge is -2.32. The molecule has 4 aromatic rings. The van der Waals surface area contributed by atoms with Gasteiger partial charge in [-0.25, -0.2) is 5.06 Å². The quantitative estimate of drug-likeness (QED) is 0.113. The highest BCUT2D eigenvalue weighted by atomic mass is 16.7. The van der Waals surface area contributed by atoms with Crippen molar-refractivity contribution in [2.75, 3.05) is 33.9 Å². The van der Waals surface area contributed by atoms with Crippen LogP contribution in [0.3, 0.4) is 0 Å². The van der Waals surface area contributed by atoms with Crippen molar-refractivity contribution in [3.8, 4) is 22.4 Å². The van der Waals surface area contributed by atoms with Crippen molar-refractivity contribution in [1.29, 1.82) is 0 Å². The van der Waals surface area contributed by atoms with Crippen molar-refractivity contribution in [3.05, 3.63) is 77.6 Å². The van der Waals surface area contributed by atoms with E-state index in [-0.39, 0.29) is 36.4 Å². The van der Waals surface area contributed by atoms with Crippen LogP contribution in [-0.2, 0) is 52.9 Å². The Morgan fingerprint density at radius 3 is 2.48 bits per heavy atom. The lowest BCUT2D eigenvalue weighted by molar-refractivity contribution is -0.199. The van der Waals surface area contributed by atoms with E-state index < -0.39 is 18.0 Å². The number of fused-ring (bicyclic) bond motifs is 1. The highest BCUT2D eigenvalue weighted by molar-refractivity contribution is 5.95. The summed E-state index contributed by atoms with van der Waals surface area (Å²) in [5.74, 6) is -0.888. The molecule has 5 rings (SSSR count). The summed E-state index contributed by atoms with van der Waals surface area (Å²) in [7, 11) is 3.25. The molecule has 0 spiro atoms. The van der Waals surface area contributed by atoms with E-state index in [0.29, 0.717) is 39.0 Å². The highest BCUT2D eigenvalue weighted by Gasteiger charge is 2.34. The third kappa shape index (κ3) is 9.47. The fourth-order valence-electron chi connectivity index (χ4n) is 7.80. The average Bonchev–Trinajstić information content (AvgIpc) is 3.50. The van der Waals surface area contributed by atoms with Gasteiger partial charge in [-0.2, -0.15) is 0 Å². The van der Waals surface area contributed by atoms with Gasteiger partial charge in [0.2, 0.25) is 12.3 Å². The van der Waals surface area contributed by atoms with Gasteiger partial charge in [0.1, 0.15) is 12.1 Å². The summed E-state index contributed by atoms with van der Waals surface area (Å²) in [4.78, 5) is 62.3. The number of carbonyl (C=O) groups excluding carboxylic acids is 4. The molecule has 1 saturated heterocycles. The smallest absolute Gasteiger partial charge is 0.293 e. The van der Waals surface area contributed by atoms with Crippen LogP contribution in [0.4, 0.5) is 0 Å². The number of aromatic nitrogens is 2. The average molecular weight is 768 g/mol. The van der Waals surface area contributed by atoms with Gasteiger partial charge >= 0.3 is 0 Å². The zero-order valence-electron chi connectivity index (χ0n) is 34.0. The summed E-state index contributed by atoms with van der Waals surface area (Å²) in [5.41, 5.74) is 7.48. The summed E-state index contributed by atoms with van der Waals surface area (Å²) < 4.78 is 13.4. The maximum atomic E-state index is 13.9. The summed E-state index contributed by atoms with van der Waals surface area (Å²) in [6, 6.07) is 16.9. The van der Waals surface area contributed by atoms with Gasteiger partial charge in [0.05, 0.1) is 30.7 Å². The van der Waals surface area contributed by atoms with Crippen LogP contribution in [0.1, 0.15) is 77.3 Å². The second-order valence-corrected chi connectivity index (χ2v) is 15.8. The number of aryl methyl sites for hydroxylation is 1. The van der Waals surface area contributed by atoms with Gasteiger partial charge in [-0.05, 0) is 85.5 Å². The van der Waals surface area contributed by atoms with Crippen LogP contribution in [0.2, 0.25) is 0 Å². The van der Waals surface area contributed by atoms with Gasteiger partial charge in [-0.1, -0.05) is 58.0 Å². The molecule has 1 N–H and O–H groups in total. The molecule has 3 atom stereocenters. The molecular formula is C44H57N5O7. The number of amides is 3. The van der Waals surface area contributed by atoms with E-state index in [4.69, 9.17) is 19.3 Å². The number of likely N-dealkylation sites (N-methyl/N-ethyl adjacent to an activating group) is 1. The molecule has 12 heteroatoms. The molecule has 0 saturated carbocycles. The van der Waals surface area contributed by atoms with E-state index in [1.807, 2.05) is 45.0 Å². The van der Waals surface area contributed by atoms with Crippen LogP contribution in [0.25, 0.3) is 33.3 Å². The third-order valence-electron chi connectivity index (χ3n) is 10.6. The Morgan fingerprint density at radius 1 is 1.05 bits per heavy atom. The van der Waals surface area contributed by atoms with Crippen molar-refractivity contribution in [2.24, 2.45) is 11.3 Å². The topological polar surface area (TPSA) is 132 Å². The number of methoxy groups -OCH3 is 1. The summed E-state index contributed by atoms with van der Waals surface area (Å²) in [5, 5.41) is 5.41. The van der Waals surface area contributed by atoms with Crippen molar-refractivity contribution in [1.82, 2.24) is 24.8 Å². The molecule has 0 radical (unpaired) electrons. The lowest BCUT2D eigenvalue weighted by atomic mass is 9.84. The Bertz CT molecular complexity index is 2000. The number of hydrogen-bond acceptors (Lipinski definition) is 8. The molecule has 0 bridgehead atoms. The number of nitrogens with one attached hydrogen (secondary N) is 1. The number of benzene rings is 2. The Morgan fingerprint density at radius 2 is 1.82 bits per heavy atom. The third-order valence-corrected chi connectivity index (χ3v) is 10.6. The van der Waals surface area contributed by atoms with Gasteiger partial charge in [-0.15, -0.1) is 0 Å². The van der Waals surface area contributed by atoms with Crippen LogP contribution in [0.15, 0.2) is 60.8 Å². The van der Waals surface area contributed by atoms with E-state index in [9.17, 15) is 19.2 Å². The molecule has 2 aromatic heterocycles. The number of ether oxygens (including phenoxy) is 2. The molecule has 12 nitrogen and oxygen atoms in total. The highest BCUT2D eigenvalue weighted by Crippen LogP contribution is 2.41. The minimum Gasteiger partial charge on any atom is -0.467 e. The monoisotopic (exact) mass is 767 g/mol. The van der Waals surface area contributed by atoms with Crippen molar-refractivity contribution in [2.45, 2.75) is 92.0 Å². The van der Waals surface area contributed by atoms with Crippen molar-refractivity contribution < 1.29 is 33.5 Å².